The fourth-order valence-electron chi connectivity index (χ4n) is 2.18. The van der Waals surface area contributed by atoms with E-state index < -0.39 is 15.9 Å². The summed E-state index contributed by atoms with van der Waals surface area (Å²) in [6.45, 7) is 0.216. The van der Waals surface area contributed by atoms with Gasteiger partial charge in [0, 0.05) is 31.9 Å². The number of nitrogens with one attached hydrogen (secondary N) is 1. The zero-order valence-electron chi connectivity index (χ0n) is 13.4. The number of thiazole rings is 1. The molecular weight excluding hydrogens is 384 g/mol. The first kappa shape index (κ1) is 17.9. The maximum Gasteiger partial charge on any atom is 0.253 e. The number of nitrogens with zero attached hydrogens (tertiary/aromatic N) is 3. The van der Waals surface area contributed by atoms with Crippen molar-refractivity contribution in [2.45, 2.75) is 11.4 Å². The van der Waals surface area contributed by atoms with E-state index in [0.717, 1.165) is 9.27 Å². The molecule has 0 atom stereocenters. The van der Waals surface area contributed by atoms with Crippen molar-refractivity contribution >= 4 is 43.8 Å². The Kier molecular flexibility index (Phi) is 4.83. The number of halogens is 1. The Bertz CT molecular complexity index is 1010. The van der Waals surface area contributed by atoms with Crippen LogP contribution < -0.4 is 5.32 Å². The summed E-state index contributed by atoms with van der Waals surface area (Å²) in [7, 11) is -0.797. The van der Waals surface area contributed by atoms with Gasteiger partial charge in [0.15, 0.2) is 4.96 Å². The predicted octanol–water partition coefficient (Wildman–Crippen LogP) is 2.23. The van der Waals surface area contributed by atoms with Crippen LogP contribution >= 0.6 is 22.9 Å². The lowest BCUT2D eigenvalue weighted by Gasteiger charge is -2.13. The molecule has 0 spiro atoms. The van der Waals surface area contributed by atoms with Crippen LogP contribution in [0.1, 0.15) is 16.1 Å². The summed E-state index contributed by atoms with van der Waals surface area (Å²) in [5.41, 5.74) is 0.805. The van der Waals surface area contributed by atoms with Gasteiger partial charge in [-0.3, -0.25) is 9.20 Å². The topological polar surface area (TPSA) is 83.8 Å². The number of aromatic nitrogens is 2. The van der Waals surface area contributed by atoms with Crippen molar-refractivity contribution in [2.75, 3.05) is 14.1 Å². The monoisotopic (exact) mass is 398 g/mol. The first-order valence-corrected chi connectivity index (χ1v) is 9.90. The van der Waals surface area contributed by atoms with E-state index in [1.807, 2.05) is 22.2 Å². The zero-order chi connectivity index (χ0) is 18.2. The van der Waals surface area contributed by atoms with Crippen molar-refractivity contribution in [1.29, 1.82) is 0 Å². The van der Waals surface area contributed by atoms with Gasteiger partial charge in [0.05, 0.1) is 27.7 Å². The molecule has 1 amide bonds. The molecule has 25 heavy (non-hydrogen) atoms. The molecule has 0 aliphatic rings. The minimum atomic E-state index is -3.65. The zero-order valence-corrected chi connectivity index (χ0v) is 15.8. The van der Waals surface area contributed by atoms with Crippen LogP contribution in [-0.4, -0.2) is 42.1 Å². The number of sulfonamides is 1. The van der Waals surface area contributed by atoms with Crippen molar-refractivity contribution in [2.24, 2.45) is 0 Å². The van der Waals surface area contributed by atoms with Crippen LogP contribution in [0.15, 0.2) is 40.9 Å². The van der Waals surface area contributed by atoms with Crippen molar-refractivity contribution < 1.29 is 13.2 Å². The first-order valence-electron chi connectivity index (χ1n) is 7.20. The Hall–Kier alpha value is -1.94. The number of amides is 1. The van der Waals surface area contributed by atoms with Gasteiger partial charge in [0.25, 0.3) is 5.91 Å². The third-order valence-electron chi connectivity index (χ3n) is 3.53. The molecule has 7 nitrogen and oxygen atoms in total. The SMILES string of the molecule is CN(C)S(=O)(=O)c1ccc(Cl)c(C(=O)NCc2cn3ccsc3n2)c1. The molecule has 0 radical (unpaired) electrons. The summed E-state index contributed by atoms with van der Waals surface area (Å²) >= 11 is 7.56. The maximum atomic E-state index is 12.4. The van der Waals surface area contributed by atoms with Crippen molar-refractivity contribution in [3.8, 4) is 0 Å². The maximum absolute atomic E-state index is 12.4. The average Bonchev–Trinajstić information content (AvgIpc) is 3.14. The molecule has 0 aliphatic carbocycles. The summed E-state index contributed by atoms with van der Waals surface area (Å²) in [6.07, 6.45) is 3.70. The fourth-order valence-corrected chi connectivity index (χ4v) is 4.03. The number of fused-ring (bicyclic) bond motifs is 1. The van der Waals surface area contributed by atoms with Gasteiger partial charge in [-0.2, -0.15) is 0 Å². The number of carbonyl (C=O) groups is 1. The number of hydrogen-bond acceptors (Lipinski definition) is 5. The molecule has 3 rings (SSSR count). The van der Waals surface area contributed by atoms with Gasteiger partial charge in [0.2, 0.25) is 10.0 Å². The summed E-state index contributed by atoms with van der Waals surface area (Å²) in [5.74, 6) is -0.461. The second kappa shape index (κ2) is 6.75. The molecule has 2 aromatic heterocycles. The van der Waals surface area contributed by atoms with E-state index in [1.54, 1.807) is 0 Å². The van der Waals surface area contributed by atoms with Gasteiger partial charge in [0.1, 0.15) is 0 Å². The molecule has 3 aromatic rings. The predicted molar refractivity (Wildman–Crippen MR) is 96.6 cm³/mol. The Morgan fingerprint density at radius 3 is 2.84 bits per heavy atom. The molecule has 0 saturated carbocycles. The molecule has 1 aromatic carbocycles. The second-order valence-electron chi connectivity index (χ2n) is 5.44. The largest absolute Gasteiger partial charge is 0.346 e. The molecule has 132 valence electrons. The van der Waals surface area contributed by atoms with Crippen molar-refractivity contribution in [1.82, 2.24) is 19.0 Å². The highest BCUT2D eigenvalue weighted by atomic mass is 35.5. The number of rotatable bonds is 5. The summed E-state index contributed by atoms with van der Waals surface area (Å²) < 4.78 is 27.4. The lowest BCUT2D eigenvalue weighted by molar-refractivity contribution is 0.0950. The van der Waals surface area contributed by atoms with Crippen molar-refractivity contribution in [3.63, 3.8) is 0 Å². The van der Waals surface area contributed by atoms with E-state index in [4.69, 9.17) is 11.6 Å². The first-order chi connectivity index (χ1) is 11.8. The molecule has 1 N–H and O–H groups in total. The second-order valence-corrected chi connectivity index (χ2v) is 8.87. The van der Waals surface area contributed by atoms with E-state index in [0.29, 0.717) is 5.69 Å². The molecule has 0 saturated heterocycles. The van der Waals surface area contributed by atoms with E-state index >= 15 is 0 Å². The highest BCUT2D eigenvalue weighted by Gasteiger charge is 2.20. The quantitative estimate of drug-likeness (QED) is 0.714. The summed E-state index contributed by atoms with van der Waals surface area (Å²) in [4.78, 5) is 17.6. The molecule has 2 heterocycles. The highest BCUT2D eigenvalue weighted by Crippen LogP contribution is 2.22. The van der Waals surface area contributed by atoms with Crippen LogP contribution in [-0.2, 0) is 16.6 Å². The van der Waals surface area contributed by atoms with E-state index in [1.165, 1.54) is 43.6 Å². The van der Waals surface area contributed by atoms with Gasteiger partial charge in [-0.25, -0.2) is 17.7 Å². The molecular formula is C15H15ClN4O3S2. The summed E-state index contributed by atoms with van der Waals surface area (Å²) in [6, 6.07) is 4.05. The van der Waals surface area contributed by atoms with Crippen LogP contribution in [0.3, 0.4) is 0 Å². The number of imidazole rings is 1. The summed E-state index contributed by atoms with van der Waals surface area (Å²) in [5, 5.41) is 4.81. The standard InChI is InChI=1S/C15H15ClN4O3S2/c1-19(2)25(22,23)11-3-4-13(16)12(7-11)14(21)17-8-10-9-20-5-6-24-15(20)18-10/h3-7,9H,8H2,1-2H3,(H,17,21). The smallest absolute Gasteiger partial charge is 0.253 e. The average molecular weight is 399 g/mol. The van der Waals surface area contributed by atoms with Crippen molar-refractivity contribution in [3.05, 3.63) is 52.3 Å². The molecule has 0 bridgehead atoms. The number of benzene rings is 1. The van der Waals surface area contributed by atoms with E-state index in [9.17, 15) is 13.2 Å². The van der Waals surface area contributed by atoms with Gasteiger partial charge in [-0.05, 0) is 18.2 Å². The lowest BCUT2D eigenvalue weighted by atomic mass is 10.2. The van der Waals surface area contributed by atoms with E-state index in [-0.39, 0.29) is 22.0 Å². The van der Waals surface area contributed by atoms with Gasteiger partial charge in [-0.1, -0.05) is 11.6 Å². The van der Waals surface area contributed by atoms with Gasteiger partial charge < -0.3 is 5.32 Å². The molecule has 0 aliphatic heterocycles. The number of carbonyl (C=O) groups excluding carboxylic acids is 1. The normalized spacial score (nSPS) is 12.0. The Labute approximate surface area is 153 Å². The third kappa shape index (κ3) is 3.54. The Morgan fingerprint density at radius 2 is 2.16 bits per heavy atom. The van der Waals surface area contributed by atoms with Crippen LogP contribution in [0.4, 0.5) is 0 Å². The lowest BCUT2D eigenvalue weighted by Crippen LogP contribution is -2.25. The van der Waals surface area contributed by atoms with Crippen LogP contribution in [0.5, 0.6) is 0 Å². The fraction of sp³-hybridized carbons (Fsp3) is 0.200. The van der Waals surface area contributed by atoms with Gasteiger partial charge in [-0.15, -0.1) is 11.3 Å². The van der Waals surface area contributed by atoms with Gasteiger partial charge >= 0.3 is 0 Å². The van der Waals surface area contributed by atoms with E-state index in [2.05, 4.69) is 10.3 Å². The minimum absolute atomic E-state index is 0.00885. The highest BCUT2D eigenvalue weighted by molar-refractivity contribution is 7.89. The number of hydrogen-bond donors (Lipinski definition) is 1. The Balaban J connectivity index is 1.80. The molecule has 0 unspecified atom stereocenters. The van der Waals surface area contributed by atoms with Crippen LogP contribution in [0, 0.1) is 0 Å². The Morgan fingerprint density at radius 1 is 1.40 bits per heavy atom. The van der Waals surface area contributed by atoms with Crippen LogP contribution in [0.2, 0.25) is 5.02 Å². The minimum Gasteiger partial charge on any atom is -0.346 e. The third-order valence-corrected chi connectivity index (χ3v) is 6.45. The molecule has 10 heteroatoms. The van der Waals surface area contributed by atoms with Crippen LogP contribution in [0.25, 0.3) is 4.96 Å². The molecule has 0 fully saturated rings.